The number of rotatable bonds is 4. The minimum Gasteiger partial charge on any atom is -0.306 e. The topological polar surface area (TPSA) is 74.8 Å². The maximum Gasteiger partial charge on any atom is 0.255 e. The molecule has 150 valence electrons. The lowest BCUT2D eigenvalue weighted by Gasteiger charge is -2.27. The Labute approximate surface area is 182 Å². The molecule has 0 saturated heterocycles. The van der Waals surface area contributed by atoms with Crippen molar-refractivity contribution >= 4 is 22.9 Å². The third-order valence-electron chi connectivity index (χ3n) is 5.13. The van der Waals surface area contributed by atoms with Gasteiger partial charge in [0, 0.05) is 60.0 Å². The van der Waals surface area contributed by atoms with Crippen molar-refractivity contribution in [3.05, 3.63) is 86.5 Å². The third-order valence-corrected chi connectivity index (χ3v) is 6.32. The van der Waals surface area contributed by atoms with Gasteiger partial charge in [0.15, 0.2) is 0 Å². The van der Waals surface area contributed by atoms with Crippen LogP contribution in [0, 0.1) is 0 Å². The van der Waals surface area contributed by atoms with Crippen molar-refractivity contribution in [1.29, 1.82) is 0 Å². The number of H-pyrrole nitrogens is 1. The maximum absolute atomic E-state index is 12.7. The number of hydrogen-bond acceptors (Lipinski definition) is 6. The largest absolute Gasteiger partial charge is 0.306 e. The lowest BCUT2D eigenvalue weighted by molar-refractivity contribution is 0.239. The molecule has 0 aliphatic carbocycles. The Morgan fingerprint density at radius 2 is 1.87 bits per heavy atom. The number of hydrogen-bond donors (Lipinski definition) is 1. The van der Waals surface area contributed by atoms with E-state index in [-0.39, 0.29) is 5.56 Å². The first-order chi connectivity index (χ1) is 14.7. The fraction of sp³-hybridized carbons (Fsp3) is 0.182. The molecule has 1 aromatic carbocycles. The average Bonchev–Trinajstić information content (AvgIpc) is 3.23. The molecule has 0 spiro atoms. The molecular weight excluding hydrogens is 418 g/mol. The number of aromatic amines is 1. The van der Waals surface area contributed by atoms with E-state index in [0.29, 0.717) is 23.9 Å². The molecule has 30 heavy (non-hydrogen) atoms. The molecule has 6 nitrogen and oxygen atoms in total. The van der Waals surface area contributed by atoms with Crippen molar-refractivity contribution in [2.45, 2.75) is 19.5 Å². The van der Waals surface area contributed by atoms with Crippen LogP contribution in [0.1, 0.15) is 17.0 Å². The average molecular weight is 436 g/mol. The number of aromatic nitrogens is 4. The highest BCUT2D eigenvalue weighted by Gasteiger charge is 2.22. The zero-order valence-corrected chi connectivity index (χ0v) is 17.6. The van der Waals surface area contributed by atoms with Gasteiger partial charge in [-0.1, -0.05) is 23.7 Å². The zero-order valence-electron chi connectivity index (χ0n) is 16.0. The van der Waals surface area contributed by atoms with Crippen LogP contribution in [0.3, 0.4) is 0 Å². The molecule has 8 heteroatoms. The maximum atomic E-state index is 12.7. The Bertz CT molecular complexity index is 1240. The summed E-state index contributed by atoms with van der Waals surface area (Å²) in [6, 6.07) is 11.4. The summed E-state index contributed by atoms with van der Waals surface area (Å²) in [5.74, 6) is 0.599. The van der Waals surface area contributed by atoms with Crippen molar-refractivity contribution in [2.24, 2.45) is 0 Å². The monoisotopic (exact) mass is 435 g/mol. The zero-order chi connectivity index (χ0) is 20.5. The van der Waals surface area contributed by atoms with E-state index in [1.165, 1.54) is 0 Å². The predicted octanol–water partition coefficient (Wildman–Crippen LogP) is 4.17. The van der Waals surface area contributed by atoms with Gasteiger partial charge in [0.2, 0.25) is 0 Å². The SMILES string of the molecule is O=c1[nH]c(-c2ccncc2)nc2c1CN(Cc1csc(-c3ccc(Cl)cc3)n1)CC2. The van der Waals surface area contributed by atoms with Gasteiger partial charge in [-0.25, -0.2) is 9.97 Å². The van der Waals surface area contributed by atoms with Gasteiger partial charge in [0.05, 0.1) is 17.0 Å². The molecular formula is C22H18ClN5OS. The summed E-state index contributed by atoms with van der Waals surface area (Å²) in [5.41, 5.74) is 4.48. The van der Waals surface area contributed by atoms with Crippen molar-refractivity contribution < 1.29 is 0 Å². The number of fused-ring (bicyclic) bond motifs is 1. The lowest BCUT2D eigenvalue weighted by Crippen LogP contribution is -2.35. The summed E-state index contributed by atoms with van der Waals surface area (Å²) in [6.07, 6.45) is 4.14. The Morgan fingerprint density at radius 1 is 1.07 bits per heavy atom. The smallest absolute Gasteiger partial charge is 0.255 e. The normalized spacial score (nSPS) is 13.9. The molecule has 1 N–H and O–H groups in total. The van der Waals surface area contributed by atoms with E-state index in [9.17, 15) is 4.79 Å². The first-order valence-corrected chi connectivity index (χ1v) is 10.9. The molecule has 5 rings (SSSR count). The van der Waals surface area contributed by atoms with Gasteiger partial charge in [-0.2, -0.15) is 0 Å². The lowest BCUT2D eigenvalue weighted by atomic mass is 10.1. The molecule has 0 saturated carbocycles. The van der Waals surface area contributed by atoms with Crippen LogP contribution in [0.15, 0.2) is 59.0 Å². The number of benzene rings is 1. The van der Waals surface area contributed by atoms with Gasteiger partial charge in [0.1, 0.15) is 10.8 Å². The van der Waals surface area contributed by atoms with Gasteiger partial charge in [-0.15, -0.1) is 11.3 Å². The second-order valence-corrected chi connectivity index (χ2v) is 8.48. The highest BCUT2D eigenvalue weighted by Crippen LogP contribution is 2.26. The quantitative estimate of drug-likeness (QED) is 0.520. The minimum atomic E-state index is -0.0726. The molecule has 0 radical (unpaired) electrons. The van der Waals surface area contributed by atoms with Gasteiger partial charge in [-0.3, -0.25) is 14.7 Å². The first-order valence-electron chi connectivity index (χ1n) is 9.61. The fourth-order valence-electron chi connectivity index (χ4n) is 3.60. The summed E-state index contributed by atoms with van der Waals surface area (Å²) in [7, 11) is 0. The summed E-state index contributed by atoms with van der Waals surface area (Å²) in [6.45, 7) is 2.12. The molecule has 4 heterocycles. The Hall–Kier alpha value is -2.87. The predicted molar refractivity (Wildman–Crippen MR) is 118 cm³/mol. The molecule has 0 atom stereocenters. The van der Waals surface area contributed by atoms with Crippen LogP contribution < -0.4 is 5.56 Å². The van der Waals surface area contributed by atoms with Crippen molar-refractivity contribution in [3.8, 4) is 22.0 Å². The second-order valence-electron chi connectivity index (χ2n) is 7.19. The summed E-state index contributed by atoms with van der Waals surface area (Å²) < 4.78 is 0. The van der Waals surface area contributed by atoms with E-state index in [4.69, 9.17) is 21.6 Å². The van der Waals surface area contributed by atoms with E-state index >= 15 is 0 Å². The number of pyridine rings is 1. The van der Waals surface area contributed by atoms with Crippen molar-refractivity contribution in [2.75, 3.05) is 6.54 Å². The van der Waals surface area contributed by atoms with Crippen LogP contribution in [-0.2, 0) is 19.5 Å². The molecule has 3 aromatic heterocycles. The standard InChI is InChI=1S/C22H18ClN5OS/c23-16-3-1-15(2-4-16)22-25-17(13-30-22)11-28-10-7-19-18(12-28)21(29)27-20(26-19)14-5-8-24-9-6-14/h1-6,8-9,13H,7,10-12H2,(H,26,27,29). The van der Waals surface area contributed by atoms with E-state index in [1.54, 1.807) is 23.7 Å². The molecule has 0 amide bonds. The molecule has 4 aromatic rings. The third kappa shape index (κ3) is 3.92. The van der Waals surface area contributed by atoms with Gasteiger partial charge in [-0.05, 0) is 24.3 Å². The van der Waals surface area contributed by atoms with E-state index in [1.807, 2.05) is 36.4 Å². The Morgan fingerprint density at radius 3 is 2.67 bits per heavy atom. The van der Waals surface area contributed by atoms with Crippen LogP contribution >= 0.6 is 22.9 Å². The van der Waals surface area contributed by atoms with Crippen LogP contribution in [0.2, 0.25) is 5.02 Å². The highest BCUT2D eigenvalue weighted by atomic mass is 35.5. The summed E-state index contributed by atoms with van der Waals surface area (Å²) >= 11 is 7.59. The van der Waals surface area contributed by atoms with Crippen molar-refractivity contribution in [1.82, 2.24) is 24.8 Å². The Kier molecular flexibility index (Phi) is 5.16. The van der Waals surface area contributed by atoms with Crippen LogP contribution in [-0.4, -0.2) is 31.4 Å². The Balaban J connectivity index is 1.33. The number of thiazole rings is 1. The molecule has 0 fully saturated rings. The molecule has 1 aliphatic heterocycles. The van der Waals surface area contributed by atoms with Gasteiger partial charge < -0.3 is 4.98 Å². The van der Waals surface area contributed by atoms with E-state index < -0.39 is 0 Å². The van der Waals surface area contributed by atoms with E-state index in [0.717, 1.165) is 46.1 Å². The van der Waals surface area contributed by atoms with Gasteiger partial charge >= 0.3 is 0 Å². The molecule has 1 aliphatic rings. The molecule has 0 bridgehead atoms. The van der Waals surface area contributed by atoms with Crippen molar-refractivity contribution in [3.63, 3.8) is 0 Å². The number of nitrogens with zero attached hydrogens (tertiary/aromatic N) is 4. The second kappa shape index (κ2) is 8.10. The summed E-state index contributed by atoms with van der Waals surface area (Å²) in [5, 5.41) is 3.77. The number of nitrogens with one attached hydrogen (secondary N) is 1. The molecule has 0 unspecified atom stereocenters. The van der Waals surface area contributed by atoms with Crippen LogP contribution in [0.4, 0.5) is 0 Å². The van der Waals surface area contributed by atoms with E-state index in [2.05, 4.69) is 20.2 Å². The highest BCUT2D eigenvalue weighted by molar-refractivity contribution is 7.13. The number of halogens is 1. The minimum absolute atomic E-state index is 0.0726. The first kappa shape index (κ1) is 19.1. The van der Waals surface area contributed by atoms with Gasteiger partial charge in [0.25, 0.3) is 5.56 Å². The van der Waals surface area contributed by atoms with Crippen LogP contribution in [0.25, 0.3) is 22.0 Å². The summed E-state index contributed by atoms with van der Waals surface area (Å²) in [4.78, 5) is 31.4. The fourth-order valence-corrected chi connectivity index (χ4v) is 4.54. The van der Waals surface area contributed by atoms with Crippen LogP contribution in [0.5, 0.6) is 0 Å².